The highest BCUT2D eigenvalue weighted by molar-refractivity contribution is 7.92. The third kappa shape index (κ3) is 1.98. The highest BCUT2D eigenvalue weighted by atomic mass is 32.2. The second kappa shape index (κ2) is 3.91. The molecule has 0 fully saturated rings. The second-order valence-corrected chi connectivity index (χ2v) is 4.86. The number of nitrogens with one attached hydrogen (secondary N) is 2. The average molecular weight is 252 g/mol. The summed E-state index contributed by atoms with van der Waals surface area (Å²) in [5.41, 5.74) is 0.152. The van der Waals surface area contributed by atoms with Crippen LogP contribution in [0.2, 0.25) is 0 Å². The molecule has 0 aliphatic heterocycles. The highest BCUT2D eigenvalue weighted by Gasteiger charge is 2.19. The first-order chi connectivity index (χ1) is 8.04. The summed E-state index contributed by atoms with van der Waals surface area (Å²) in [5.74, 6) is 0.119. The van der Waals surface area contributed by atoms with Crippen LogP contribution in [0.5, 0.6) is 0 Å². The first kappa shape index (κ1) is 11.2. The van der Waals surface area contributed by atoms with E-state index in [0.717, 1.165) is 0 Å². The van der Waals surface area contributed by atoms with E-state index < -0.39 is 10.0 Å². The normalized spacial score (nSPS) is 11.1. The summed E-state index contributed by atoms with van der Waals surface area (Å²) in [5, 5.41) is 18.6. The van der Waals surface area contributed by atoms with Gasteiger partial charge in [0.05, 0.1) is 12.4 Å². The standard InChI is InChI=1S/C8H8N6O2S/c1-14-8(6(2-9)3-12-14)13-17(15,16)7-4-10-11-5-7/h3-5,13H,1H3,(H,10,11). The van der Waals surface area contributed by atoms with Crippen LogP contribution in [0, 0.1) is 11.3 Å². The van der Waals surface area contributed by atoms with Crippen LogP contribution in [-0.4, -0.2) is 28.4 Å². The van der Waals surface area contributed by atoms with E-state index in [9.17, 15) is 8.42 Å². The number of sulfonamides is 1. The van der Waals surface area contributed by atoms with Crippen LogP contribution in [0.25, 0.3) is 0 Å². The van der Waals surface area contributed by atoms with E-state index in [2.05, 4.69) is 20.0 Å². The number of rotatable bonds is 3. The van der Waals surface area contributed by atoms with Gasteiger partial charge in [-0.3, -0.25) is 14.5 Å². The molecule has 9 heteroatoms. The van der Waals surface area contributed by atoms with Crippen molar-refractivity contribution in [1.82, 2.24) is 20.0 Å². The van der Waals surface area contributed by atoms with E-state index in [-0.39, 0.29) is 16.3 Å². The van der Waals surface area contributed by atoms with E-state index in [0.29, 0.717) is 0 Å². The molecule has 2 N–H and O–H groups in total. The molecular formula is C8H8N6O2S. The Morgan fingerprint density at radius 2 is 2.29 bits per heavy atom. The van der Waals surface area contributed by atoms with E-state index >= 15 is 0 Å². The quantitative estimate of drug-likeness (QED) is 0.785. The topological polar surface area (TPSA) is 116 Å². The average Bonchev–Trinajstić information content (AvgIpc) is 2.90. The Balaban J connectivity index is 2.40. The molecule has 88 valence electrons. The molecule has 0 saturated heterocycles. The van der Waals surface area contributed by atoms with Gasteiger partial charge in [0.15, 0.2) is 5.82 Å². The fraction of sp³-hybridized carbons (Fsp3) is 0.125. The Morgan fingerprint density at radius 1 is 1.53 bits per heavy atom. The fourth-order valence-electron chi connectivity index (χ4n) is 1.21. The summed E-state index contributed by atoms with van der Waals surface area (Å²) < 4.78 is 27.3. The Hall–Kier alpha value is -2.34. The van der Waals surface area contributed by atoms with Crippen molar-refractivity contribution >= 4 is 15.8 Å². The lowest BCUT2D eigenvalue weighted by atomic mass is 10.4. The molecule has 0 radical (unpaired) electrons. The number of aromatic nitrogens is 4. The predicted octanol–water partition coefficient (Wildman–Crippen LogP) is -0.184. The van der Waals surface area contributed by atoms with Crippen molar-refractivity contribution in [3.05, 3.63) is 24.2 Å². The van der Waals surface area contributed by atoms with Crippen LogP contribution in [0.3, 0.4) is 0 Å². The number of aromatic amines is 1. The first-order valence-corrected chi connectivity index (χ1v) is 5.96. The fourth-order valence-corrected chi connectivity index (χ4v) is 2.23. The largest absolute Gasteiger partial charge is 0.284 e. The van der Waals surface area contributed by atoms with Gasteiger partial charge in [-0.2, -0.15) is 15.5 Å². The SMILES string of the molecule is Cn1ncc(C#N)c1NS(=O)(=O)c1cn[nH]c1. The van der Waals surface area contributed by atoms with Gasteiger partial charge in [0.25, 0.3) is 10.0 Å². The Kier molecular flexibility index (Phi) is 2.57. The minimum absolute atomic E-state index is 0.0115. The Bertz CT molecular complexity index is 663. The van der Waals surface area contributed by atoms with E-state index in [1.807, 2.05) is 6.07 Å². The molecule has 8 nitrogen and oxygen atoms in total. The summed E-state index contributed by atoms with van der Waals surface area (Å²) in [7, 11) is -2.21. The van der Waals surface area contributed by atoms with Gasteiger partial charge in [0.1, 0.15) is 16.5 Å². The maximum atomic E-state index is 11.9. The van der Waals surface area contributed by atoms with Crippen LogP contribution < -0.4 is 4.72 Å². The van der Waals surface area contributed by atoms with Gasteiger partial charge in [-0.15, -0.1) is 0 Å². The molecule has 0 aliphatic carbocycles. The molecule has 2 rings (SSSR count). The number of H-pyrrole nitrogens is 1. The van der Waals surface area contributed by atoms with Crippen LogP contribution >= 0.6 is 0 Å². The number of nitrogens with zero attached hydrogens (tertiary/aromatic N) is 4. The van der Waals surface area contributed by atoms with Crippen molar-refractivity contribution in [2.45, 2.75) is 4.90 Å². The molecular weight excluding hydrogens is 244 g/mol. The van der Waals surface area contributed by atoms with E-state index in [1.165, 1.54) is 30.3 Å². The third-order valence-electron chi connectivity index (χ3n) is 2.07. The molecule has 0 spiro atoms. The van der Waals surface area contributed by atoms with Gasteiger partial charge in [-0.05, 0) is 0 Å². The third-order valence-corrected chi connectivity index (χ3v) is 3.38. The second-order valence-electron chi connectivity index (χ2n) is 3.18. The molecule has 0 aromatic carbocycles. The molecule has 2 heterocycles. The van der Waals surface area contributed by atoms with E-state index in [1.54, 1.807) is 0 Å². The van der Waals surface area contributed by atoms with Gasteiger partial charge in [0.2, 0.25) is 0 Å². The molecule has 0 saturated carbocycles. The molecule has 2 aromatic heterocycles. The molecule has 17 heavy (non-hydrogen) atoms. The van der Waals surface area contributed by atoms with Crippen molar-refractivity contribution in [3.63, 3.8) is 0 Å². The zero-order valence-corrected chi connectivity index (χ0v) is 9.56. The molecule has 0 unspecified atom stereocenters. The van der Waals surface area contributed by atoms with Crippen molar-refractivity contribution in [2.24, 2.45) is 7.05 Å². The Labute approximate surface area is 96.9 Å². The van der Waals surface area contributed by atoms with Gasteiger partial charge in [0, 0.05) is 13.2 Å². The summed E-state index contributed by atoms with van der Waals surface area (Å²) in [6.07, 6.45) is 3.70. The zero-order valence-electron chi connectivity index (χ0n) is 8.75. The molecule has 0 bridgehead atoms. The van der Waals surface area contributed by atoms with Crippen LogP contribution in [-0.2, 0) is 17.1 Å². The highest BCUT2D eigenvalue weighted by Crippen LogP contribution is 2.17. The van der Waals surface area contributed by atoms with Crippen LogP contribution in [0.1, 0.15) is 5.56 Å². The lowest BCUT2D eigenvalue weighted by Gasteiger charge is -2.06. The smallest absolute Gasteiger partial charge is 0.266 e. The summed E-state index contributed by atoms with van der Waals surface area (Å²) in [6.45, 7) is 0. The minimum Gasteiger partial charge on any atom is -0.284 e. The number of anilines is 1. The number of aryl methyl sites for hydroxylation is 1. The summed E-state index contributed by atoms with van der Waals surface area (Å²) in [4.78, 5) is -0.0115. The van der Waals surface area contributed by atoms with Gasteiger partial charge in [-0.1, -0.05) is 0 Å². The lowest BCUT2D eigenvalue weighted by molar-refractivity contribution is 0.600. The first-order valence-electron chi connectivity index (χ1n) is 4.48. The number of hydrogen-bond donors (Lipinski definition) is 2. The van der Waals surface area contributed by atoms with Gasteiger partial charge >= 0.3 is 0 Å². The zero-order chi connectivity index (χ0) is 12.5. The van der Waals surface area contributed by atoms with Crippen LogP contribution in [0.15, 0.2) is 23.5 Å². The van der Waals surface area contributed by atoms with Crippen molar-refractivity contribution in [2.75, 3.05) is 4.72 Å². The maximum absolute atomic E-state index is 11.9. The molecule has 0 atom stereocenters. The summed E-state index contributed by atoms with van der Waals surface area (Å²) >= 11 is 0. The number of nitriles is 1. The maximum Gasteiger partial charge on any atom is 0.266 e. The molecule has 2 aromatic rings. The van der Waals surface area contributed by atoms with Crippen molar-refractivity contribution < 1.29 is 8.42 Å². The molecule has 0 amide bonds. The predicted molar refractivity (Wildman–Crippen MR) is 57.3 cm³/mol. The van der Waals surface area contributed by atoms with Crippen molar-refractivity contribution in [3.8, 4) is 6.07 Å². The Morgan fingerprint density at radius 3 is 2.88 bits per heavy atom. The van der Waals surface area contributed by atoms with Crippen molar-refractivity contribution in [1.29, 1.82) is 5.26 Å². The van der Waals surface area contributed by atoms with Crippen LogP contribution in [0.4, 0.5) is 5.82 Å². The molecule has 0 aliphatic rings. The van der Waals surface area contributed by atoms with Gasteiger partial charge < -0.3 is 0 Å². The van der Waals surface area contributed by atoms with E-state index in [4.69, 9.17) is 5.26 Å². The lowest BCUT2D eigenvalue weighted by Crippen LogP contribution is -2.15. The number of hydrogen-bond acceptors (Lipinski definition) is 5. The summed E-state index contributed by atoms with van der Waals surface area (Å²) in [6, 6.07) is 1.85. The monoisotopic (exact) mass is 252 g/mol. The minimum atomic E-state index is -3.75. The van der Waals surface area contributed by atoms with Gasteiger partial charge in [-0.25, -0.2) is 8.42 Å².